The van der Waals surface area contributed by atoms with Crippen molar-refractivity contribution in [2.75, 3.05) is 33.2 Å². The zero-order valence-corrected chi connectivity index (χ0v) is 8.21. The van der Waals surface area contributed by atoms with Gasteiger partial charge in [0.1, 0.15) is 0 Å². The number of nitrogens with two attached hydrogens (primary N) is 1. The monoisotopic (exact) mass is 185 g/mol. The lowest BCUT2D eigenvalue weighted by Gasteiger charge is -2.53. The number of nitrogens with one attached hydrogen (secondary N) is 1. The summed E-state index contributed by atoms with van der Waals surface area (Å²) >= 11 is 0. The van der Waals surface area contributed by atoms with E-state index in [2.05, 4.69) is 17.3 Å². The van der Waals surface area contributed by atoms with E-state index in [1.54, 1.807) is 0 Å². The molecular formula is C9H19N3O. The maximum absolute atomic E-state index is 10.4. The minimum absolute atomic E-state index is 0.367. The number of aliphatic hydroxyl groups is 1. The molecule has 0 atom stereocenters. The summed E-state index contributed by atoms with van der Waals surface area (Å²) in [5, 5.41) is 13.5. The van der Waals surface area contributed by atoms with Crippen LogP contribution in [-0.4, -0.2) is 54.4 Å². The minimum Gasteiger partial charge on any atom is -0.388 e. The molecule has 4 N–H and O–H groups in total. The highest BCUT2D eigenvalue weighted by atomic mass is 16.3. The first-order chi connectivity index (χ1) is 6.06. The van der Waals surface area contributed by atoms with Crippen LogP contribution in [0.4, 0.5) is 0 Å². The number of hydrogen-bond acceptors (Lipinski definition) is 4. The van der Waals surface area contributed by atoms with Crippen molar-refractivity contribution in [1.82, 2.24) is 10.2 Å². The zero-order valence-electron chi connectivity index (χ0n) is 8.21. The molecule has 0 amide bonds. The first-order valence-electron chi connectivity index (χ1n) is 4.96. The lowest BCUT2D eigenvalue weighted by Crippen LogP contribution is -2.78. The lowest BCUT2D eigenvalue weighted by atomic mass is 9.70. The largest absolute Gasteiger partial charge is 0.388 e. The van der Waals surface area contributed by atoms with E-state index in [-0.39, 0.29) is 5.54 Å². The number of piperidine rings is 1. The Balaban J connectivity index is 2.03. The van der Waals surface area contributed by atoms with Crippen LogP contribution in [0, 0.1) is 0 Å². The summed E-state index contributed by atoms with van der Waals surface area (Å²) in [4.78, 5) is 2.24. The molecule has 0 unspecified atom stereocenters. The number of likely N-dealkylation sites (tertiary alicyclic amines) is 1. The Bertz CT molecular complexity index is 195. The van der Waals surface area contributed by atoms with Gasteiger partial charge in [0, 0.05) is 26.2 Å². The predicted molar refractivity (Wildman–Crippen MR) is 51.5 cm³/mol. The van der Waals surface area contributed by atoms with Crippen LogP contribution in [0.25, 0.3) is 0 Å². The van der Waals surface area contributed by atoms with Gasteiger partial charge in [-0.3, -0.25) is 0 Å². The highest BCUT2D eigenvalue weighted by molar-refractivity contribution is 5.13. The Hall–Kier alpha value is -0.160. The summed E-state index contributed by atoms with van der Waals surface area (Å²) in [6.07, 6.45) is 1.61. The van der Waals surface area contributed by atoms with E-state index in [0.29, 0.717) is 0 Å². The normalized spacial score (nSPS) is 32.5. The molecule has 4 heteroatoms. The van der Waals surface area contributed by atoms with Gasteiger partial charge >= 0.3 is 0 Å². The highest BCUT2D eigenvalue weighted by Crippen LogP contribution is 2.33. The molecule has 2 aliphatic heterocycles. The van der Waals surface area contributed by atoms with Crippen molar-refractivity contribution in [3.8, 4) is 0 Å². The Morgan fingerprint density at radius 3 is 2.23 bits per heavy atom. The molecule has 0 radical (unpaired) electrons. The summed E-state index contributed by atoms with van der Waals surface area (Å²) in [6, 6.07) is 0. The standard InChI is InChI=1S/C9H19N3O/c1-12-4-2-9(13,3-5-12)8(10)6-11-7-8/h11,13H,2-7,10H2,1H3. The van der Waals surface area contributed by atoms with Gasteiger partial charge in [-0.15, -0.1) is 0 Å². The van der Waals surface area contributed by atoms with Crippen LogP contribution < -0.4 is 11.1 Å². The second-order valence-electron chi connectivity index (χ2n) is 4.59. The molecule has 2 heterocycles. The Morgan fingerprint density at radius 2 is 1.85 bits per heavy atom. The molecule has 0 aromatic carbocycles. The molecule has 0 aromatic rings. The van der Waals surface area contributed by atoms with Gasteiger partial charge in [-0.25, -0.2) is 0 Å². The van der Waals surface area contributed by atoms with E-state index in [9.17, 15) is 5.11 Å². The fourth-order valence-corrected chi connectivity index (χ4v) is 2.21. The average molecular weight is 185 g/mol. The van der Waals surface area contributed by atoms with Crippen LogP contribution in [0.5, 0.6) is 0 Å². The number of nitrogens with zero attached hydrogens (tertiary/aromatic N) is 1. The van der Waals surface area contributed by atoms with Gasteiger partial charge in [-0.05, 0) is 19.9 Å². The molecule has 76 valence electrons. The van der Waals surface area contributed by atoms with Crippen LogP contribution >= 0.6 is 0 Å². The predicted octanol–water partition coefficient (Wildman–Crippen LogP) is -1.26. The lowest BCUT2D eigenvalue weighted by molar-refractivity contribution is -0.0940. The van der Waals surface area contributed by atoms with Crippen molar-refractivity contribution in [1.29, 1.82) is 0 Å². The molecule has 2 aliphatic rings. The van der Waals surface area contributed by atoms with Gasteiger partial charge in [0.05, 0.1) is 11.1 Å². The first kappa shape index (κ1) is 9.40. The molecule has 0 bridgehead atoms. The van der Waals surface area contributed by atoms with E-state index in [1.807, 2.05) is 0 Å². The molecular weight excluding hydrogens is 166 g/mol. The third kappa shape index (κ3) is 1.38. The molecule has 0 saturated carbocycles. The second-order valence-corrected chi connectivity index (χ2v) is 4.59. The third-order valence-electron chi connectivity index (χ3n) is 3.62. The summed E-state index contributed by atoms with van der Waals surface area (Å²) in [6.45, 7) is 3.42. The Labute approximate surface area is 79.1 Å². The fourth-order valence-electron chi connectivity index (χ4n) is 2.21. The summed E-state index contributed by atoms with van der Waals surface area (Å²) in [5.41, 5.74) is 5.13. The van der Waals surface area contributed by atoms with E-state index < -0.39 is 5.60 Å². The molecule has 0 aromatic heterocycles. The minimum atomic E-state index is -0.634. The van der Waals surface area contributed by atoms with E-state index >= 15 is 0 Å². The molecule has 2 rings (SSSR count). The summed E-state index contributed by atoms with van der Waals surface area (Å²) < 4.78 is 0. The summed E-state index contributed by atoms with van der Waals surface area (Å²) in [7, 11) is 2.09. The zero-order chi connectivity index (χ0) is 9.53. The van der Waals surface area contributed by atoms with Crippen molar-refractivity contribution < 1.29 is 5.11 Å². The van der Waals surface area contributed by atoms with Crippen molar-refractivity contribution in [3.63, 3.8) is 0 Å². The fraction of sp³-hybridized carbons (Fsp3) is 1.00. The van der Waals surface area contributed by atoms with E-state index in [0.717, 1.165) is 39.0 Å². The second kappa shape index (κ2) is 2.92. The highest BCUT2D eigenvalue weighted by Gasteiger charge is 2.52. The van der Waals surface area contributed by atoms with Gasteiger partial charge in [-0.2, -0.15) is 0 Å². The molecule has 0 aliphatic carbocycles. The van der Waals surface area contributed by atoms with Gasteiger partial charge in [0.15, 0.2) is 0 Å². The van der Waals surface area contributed by atoms with Crippen LogP contribution in [0.1, 0.15) is 12.8 Å². The van der Waals surface area contributed by atoms with Crippen LogP contribution in [0.2, 0.25) is 0 Å². The van der Waals surface area contributed by atoms with Crippen molar-refractivity contribution in [2.24, 2.45) is 5.73 Å². The quantitative estimate of drug-likeness (QED) is 0.477. The SMILES string of the molecule is CN1CCC(O)(C2(N)CNC2)CC1. The number of hydrogen-bond donors (Lipinski definition) is 3. The number of rotatable bonds is 1. The molecule has 13 heavy (non-hydrogen) atoms. The smallest absolute Gasteiger partial charge is 0.0875 e. The van der Waals surface area contributed by atoms with Crippen molar-refractivity contribution in [3.05, 3.63) is 0 Å². The molecule has 0 spiro atoms. The van der Waals surface area contributed by atoms with Gasteiger partial charge in [0.2, 0.25) is 0 Å². The van der Waals surface area contributed by atoms with Crippen LogP contribution in [0.3, 0.4) is 0 Å². The van der Waals surface area contributed by atoms with Crippen molar-refractivity contribution in [2.45, 2.75) is 24.0 Å². The third-order valence-corrected chi connectivity index (χ3v) is 3.62. The van der Waals surface area contributed by atoms with Crippen molar-refractivity contribution >= 4 is 0 Å². The van der Waals surface area contributed by atoms with E-state index in [4.69, 9.17) is 5.73 Å². The maximum Gasteiger partial charge on any atom is 0.0875 e. The molecule has 4 nitrogen and oxygen atoms in total. The van der Waals surface area contributed by atoms with Gasteiger partial charge in [0.25, 0.3) is 0 Å². The van der Waals surface area contributed by atoms with Crippen LogP contribution in [0.15, 0.2) is 0 Å². The first-order valence-corrected chi connectivity index (χ1v) is 4.96. The van der Waals surface area contributed by atoms with E-state index in [1.165, 1.54) is 0 Å². The van der Waals surface area contributed by atoms with Crippen LogP contribution in [-0.2, 0) is 0 Å². The maximum atomic E-state index is 10.4. The topological polar surface area (TPSA) is 61.5 Å². The van der Waals surface area contributed by atoms with Gasteiger partial charge in [-0.1, -0.05) is 0 Å². The Morgan fingerprint density at radius 1 is 1.31 bits per heavy atom. The summed E-state index contributed by atoms with van der Waals surface area (Å²) in [5.74, 6) is 0. The Kier molecular flexibility index (Phi) is 2.11. The average Bonchev–Trinajstić information content (AvgIpc) is 2.06. The molecule has 2 fully saturated rings. The van der Waals surface area contributed by atoms with Gasteiger partial charge < -0.3 is 21.1 Å². The molecule has 2 saturated heterocycles.